The summed E-state index contributed by atoms with van der Waals surface area (Å²) >= 11 is 23.1. The smallest absolute Gasteiger partial charge is 0.323 e. The van der Waals surface area contributed by atoms with Crippen LogP contribution in [0.2, 0.25) is 20.1 Å². The zero-order valence-corrected chi connectivity index (χ0v) is 13.3. The summed E-state index contributed by atoms with van der Waals surface area (Å²) in [5.41, 5.74) is 0.573. The molecule has 0 atom stereocenters. The Bertz CT molecular complexity index is 707. The maximum absolute atomic E-state index is 11.8. The first-order valence-corrected chi connectivity index (χ1v) is 7.09. The Morgan fingerprint density at radius 3 is 2.24 bits per heavy atom. The SMILES string of the molecule is O=C(Nc1ccc(Cl)c(Cl)c1)Nc1ccc(Cl)c(Cl)c1O. The summed E-state index contributed by atoms with van der Waals surface area (Å²) in [5, 5.41) is 15.6. The average molecular weight is 366 g/mol. The molecular formula is C13H8Cl4N2O2. The summed E-state index contributed by atoms with van der Waals surface area (Å²) in [6.45, 7) is 0. The Balaban J connectivity index is 2.12. The number of nitrogens with one attached hydrogen (secondary N) is 2. The molecule has 2 aromatic carbocycles. The first-order valence-electron chi connectivity index (χ1n) is 5.58. The van der Waals surface area contributed by atoms with Gasteiger partial charge in [-0.2, -0.15) is 0 Å². The lowest BCUT2D eigenvalue weighted by atomic mass is 10.3. The van der Waals surface area contributed by atoms with Gasteiger partial charge < -0.3 is 15.7 Å². The molecule has 110 valence electrons. The molecule has 0 radical (unpaired) electrons. The van der Waals surface area contributed by atoms with Crippen molar-refractivity contribution in [2.45, 2.75) is 0 Å². The Morgan fingerprint density at radius 1 is 0.905 bits per heavy atom. The second-order valence-electron chi connectivity index (χ2n) is 3.97. The molecular weight excluding hydrogens is 358 g/mol. The van der Waals surface area contributed by atoms with Crippen LogP contribution in [0.4, 0.5) is 16.2 Å². The van der Waals surface area contributed by atoms with Crippen molar-refractivity contribution in [3.8, 4) is 5.75 Å². The minimum absolute atomic E-state index is 0.0380. The van der Waals surface area contributed by atoms with Gasteiger partial charge in [0.05, 0.1) is 20.8 Å². The van der Waals surface area contributed by atoms with E-state index in [2.05, 4.69) is 10.6 Å². The van der Waals surface area contributed by atoms with Crippen LogP contribution in [0.25, 0.3) is 0 Å². The molecule has 0 bridgehead atoms. The molecule has 2 amide bonds. The fraction of sp³-hybridized carbons (Fsp3) is 0. The molecule has 0 fully saturated rings. The van der Waals surface area contributed by atoms with E-state index >= 15 is 0 Å². The van der Waals surface area contributed by atoms with Gasteiger partial charge in [-0.15, -0.1) is 0 Å². The van der Waals surface area contributed by atoms with Crippen LogP contribution in [-0.2, 0) is 0 Å². The van der Waals surface area contributed by atoms with Gasteiger partial charge in [0.1, 0.15) is 5.02 Å². The molecule has 2 rings (SSSR count). The van der Waals surface area contributed by atoms with Crippen molar-refractivity contribution < 1.29 is 9.90 Å². The molecule has 0 unspecified atom stereocenters. The number of urea groups is 1. The van der Waals surface area contributed by atoms with Crippen LogP contribution in [0.5, 0.6) is 5.75 Å². The summed E-state index contributed by atoms with van der Waals surface area (Å²) in [6.07, 6.45) is 0. The summed E-state index contributed by atoms with van der Waals surface area (Å²) in [6, 6.07) is 6.94. The van der Waals surface area contributed by atoms with E-state index < -0.39 is 6.03 Å². The number of benzene rings is 2. The molecule has 0 saturated carbocycles. The van der Waals surface area contributed by atoms with Crippen LogP contribution >= 0.6 is 46.4 Å². The second kappa shape index (κ2) is 6.62. The molecule has 21 heavy (non-hydrogen) atoms. The molecule has 0 spiro atoms. The number of halogens is 4. The number of aromatic hydroxyl groups is 1. The van der Waals surface area contributed by atoms with Gasteiger partial charge in [-0.1, -0.05) is 46.4 Å². The molecule has 0 aliphatic heterocycles. The first-order chi connectivity index (χ1) is 9.88. The number of phenols is 1. The molecule has 0 aliphatic rings. The average Bonchev–Trinajstić information content (AvgIpc) is 2.44. The number of carbonyl (C=O) groups is 1. The molecule has 3 N–H and O–H groups in total. The van der Waals surface area contributed by atoms with Gasteiger partial charge in [-0.05, 0) is 30.3 Å². The third-order valence-electron chi connectivity index (χ3n) is 2.49. The second-order valence-corrected chi connectivity index (χ2v) is 5.57. The van der Waals surface area contributed by atoms with E-state index in [1.807, 2.05) is 0 Å². The number of hydrogen-bond acceptors (Lipinski definition) is 2. The Kier molecular flexibility index (Phi) is 5.06. The van der Waals surface area contributed by atoms with E-state index in [0.717, 1.165) is 0 Å². The topological polar surface area (TPSA) is 61.4 Å². The van der Waals surface area contributed by atoms with Crippen molar-refractivity contribution in [2.24, 2.45) is 0 Å². The van der Waals surface area contributed by atoms with Gasteiger partial charge in [0.25, 0.3) is 0 Å². The van der Waals surface area contributed by atoms with Gasteiger partial charge >= 0.3 is 6.03 Å². The van der Waals surface area contributed by atoms with Crippen molar-refractivity contribution in [1.82, 2.24) is 0 Å². The van der Waals surface area contributed by atoms with E-state index in [0.29, 0.717) is 15.7 Å². The standard InChI is InChI=1S/C13H8Cl4N2O2/c14-7-2-1-6(5-9(7)16)18-13(21)19-10-4-3-8(15)11(17)12(10)20/h1-5,20H,(H2,18,19,21). The quantitative estimate of drug-likeness (QED) is 0.602. The Labute approximate surface area is 140 Å². The van der Waals surface area contributed by atoms with Crippen LogP contribution in [0.15, 0.2) is 30.3 Å². The van der Waals surface area contributed by atoms with Crippen molar-refractivity contribution in [1.29, 1.82) is 0 Å². The van der Waals surface area contributed by atoms with Crippen LogP contribution in [-0.4, -0.2) is 11.1 Å². The largest absolute Gasteiger partial charge is 0.504 e. The number of amides is 2. The zero-order valence-electron chi connectivity index (χ0n) is 10.3. The number of carbonyl (C=O) groups excluding carboxylic acids is 1. The van der Waals surface area contributed by atoms with Gasteiger partial charge in [0.2, 0.25) is 0 Å². The van der Waals surface area contributed by atoms with Crippen molar-refractivity contribution >= 4 is 63.8 Å². The monoisotopic (exact) mass is 364 g/mol. The third-order valence-corrected chi connectivity index (χ3v) is 4.03. The zero-order chi connectivity index (χ0) is 15.6. The normalized spacial score (nSPS) is 10.3. The lowest BCUT2D eigenvalue weighted by Gasteiger charge is -2.11. The first kappa shape index (κ1) is 16.0. The number of anilines is 2. The molecule has 0 aliphatic carbocycles. The van der Waals surface area contributed by atoms with Crippen LogP contribution < -0.4 is 10.6 Å². The predicted molar refractivity (Wildman–Crippen MR) is 87.2 cm³/mol. The molecule has 0 heterocycles. The van der Waals surface area contributed by atoms with E-state index in [1.54, 1.807) is 12.1 Å². The van der Waals surface area contributed by atoms with E-state index in [9.17, 15) is 9.90 Å². The fourth-order valence-corrected chi connectivity index (χ4v) is 2.11. The summed E-state index contributed by atoms with van der Waals surface area (Å²) in [5.74, 6) is -0.312. The van der Waals surface area contributed by atoms with Crippen LogP contribution in [0.1, 0.15) is 0 Å². The van der Waals surface area contributed by atoms with Crippen molar-refractivity contribution in [3.05, 3.63) is 50.4 Å². The Morgan fingerprint density at radius 2 is 1.57 bits per heavy atom. The molecule has 0 aromatic heterocycles. The minimum Gasteiger partial charge on any atom is -0.504 e. The van der Waals surface area contributed by atoms with E-state index in [-0.39, 0.29) is 21.5 Å². The van der Waals surface area contributed by atoms with Crippen molar-refractivity contribution in [3.63, 3.8) is 0 Å². The summed E-state index contributed by atoms with van der Waals surface area (Å²) in [7, 11) is 0. The number of phenolic OH excluding ortho intramolecular Hbond substituents is 1. The lowest BCUT2D eigenvalue weighted by molar-refractivity contribution is 0.262. The minimum atomic E-state index is -0.581. The molecule has 0 saturated heterocycles. The Hall–Kier alpha value is -1.33. The highest BCUT2D eigenvalue weighted by atomic mass is 35.5. The number of hydrogen-bond donors (Lipinski definition) is 3. The molecule has 8 heteroatoms. The van der Waals surface area contributed by atoms with E-state index in [1.165, 1.54) is 18.2 Å². The highest BCUT2D eigenvalue weighted by molar-refractivity contribution is 6.43. The van der Waals surface area contributed by atoms with Crippen LogP contribution in [0, 0.1) is 0 Å². The molecule has 4 nitrogen and oxygen atoms in total. The fourth-order valence-electron chi connectivity index (χ4n) is 1.50. The third kappa shape index (κ3) is 3.86. The van der Waals surface area contributed by atoms with Gasteiger partial charge in [-0.3, -0.25) is 0 Å². The van der Waals surface area contributed by atoms with Gasteiger partial charge in [0, 0.05) is 5.69 Å². The lowest BCUT2D eigenvalue weighted by Crippen LogP contribution is -2.19. The predicted octanol–water partition coefficient (Wildman–Crippen LogP) is 5.65. The summed E-state index contributed by atoms with van der Waals surface area (Å²) in [4.78, 5) is 11.8. The highest BCUT2D eigenvalue weighted by Gasteiger charge is 2.12. The van der Waals surface area contributed by atoms with Gasteiger partial charge in [-0.25, -0.2) is 4.79 Å². The maximum Gasteiger partial charge on any atom is 0.323 e. The van der Waals surface area contributed by atoms with Crippen molar-refractivity contribution in [2.75, 3.05) is 10.6 Å². The number of rotatable bonds is 2. The maximum atomic E-state index is 11.8. The van der Waals surface area contributed by atoms with Gasteiger partial charge in [0.15, 0.2) is 5.75 Å². The highest BCUT2D eigenvalue weighted by Crippen LogP contribution is 2.37. The summed E-state index contributed by atoms with van der Waals surface area (Å²) < 4.78 is 0. The molecule has 2 aromatic rings. The van der Waals surface area contributed by atoms with Crippen LogP contribution in [0.3, 0.4) is 0 Å². The van der Waals surface area contributed by atoms with E-state index in [4.69, 9.17) is 46.4 Å².